The van der Waals surface area contributed by atoms with Gasteiger partial charge in [-0.3, -0.25) is 4.98 Å². The van der Waals surface area contributed by atoms with Crippen LogP contribution in [0.15, 0.2) is 42.6 Å². The van der Waals surface area contributed by atoms with Crippen molar-refractivity contribution in [2.45, 2.75) is 13.1 Å². The summed E-state index contributed by atoms with van der Waals surface area (Å²) in [6.45, 7) is 1.14. The molecule has 2 aromatic heterocycles. The number of hydrogen-bond donors (Lipinski definition) is 2. The first-order chi connectivity index (χ1) is 8.75. The van der Waals surface area contributed by atoms with Crippen LogP contribution in [0.4, 0.5) is 0 Å². The summed E-state index contributed by atoms with van der Waals surface area (Å²) < 4.78 is 0. The predicted octanol–water partition coefficient (Wildman–Crippen LogP) is 1.46. The van der Waals surface area contributed by atoms with E-state index in [1.165, 1.54) is 6.07 Å². The largest absolute Gasteiger partial charge is 0.477 e. The van der Waals surface area contributed by atoms with E-state index in [1.54, 1.807) is 18.3 Å². The van der Waals surface area contributed by atoms with Gasteiger partial charge in [0.05, 0.1) is 11.4 Å². The van der Waals surface area contributed by atoms with Crippen LogP contribution < -0.4 is 5.32 Å². The molecule has 2 aromatic rings. The Morgan fingerprint density at radius 3 is 2.61 bits per heavy atom. The molecule has 18 heavy (non-hydrogen) atoms. The van der Waals surface area contributed by atoms with Crippen LogP contribution in [0.3, 0.4) is 0 Å². The molecule has 0 aromatic carbocycles. The molecule has 2 N–H and O–H groups in total. The molecular formula is C13H13N3O2. The summed E-state index contributed by atoms with van der Waals surface area (Å²) in [4.78, 5) is 19.0. The molecular weight excluding hydrogens is 230 g/mol. The van der Waals surface area contributed by atoms with Gasteiger partial charge in [0.2, 0.25) is 0 Å². The minimum absolute atomic E-state index is 0.0622. The summed E-state index contributed by atoms with van der Waals surface area (Å²) >= 11 is 0. The fourth-order valence-electron chi connectivity index (χ4n) is 1.52. The molecule has 0 amide bonds. The maximum absolute atomic E-state index is 10.8. The Labute approximate surface area is 105 Å². The molecule has 0 aliphatic heterocycles. The van der Waals surface area contributed by atoms with Gasteiger partial charge in [-0.1, -0.05) is 12.1 Å². The zero-order valence-electron chi connectivity index (χ0n) is 9.71. The summed E-state index contributed by atoms with van der Waals surface area (Å²) in [6, 6.07) is 10.7. The average molecular weight is 243 g/mol. The molecule has 0 spiro atoms. The highest BCUT2D eigenvalue weighted by atomic mass is 16.4. The maximum atomic E-state index is 10.8. The van der Waals surface area contributed by atoms with Crippen molar-refractivity contribution in [1.82, 2.24) is 15.3 Å². The van der Waals surface area contributed by atoms with Crippen molar-refractivity contribution in [2.75, 3.05) is 0 Å². The number of carboxylic acid groups (broad SMARTS) is 1. The lowest BCUT2D eigenvalue weighted by Gasteiger charge is -2.04. The fourth-order valence-corrected chi connectivity index (χ4v) is 1.52. The highest BCUT2D eigenvalue weighted by molar-refractivity contribution is 5.85. The first kappa shape index (κ1) is 12.2. The third kappa shape index (κ3) is 3.36. The number of nitrogens with zero attached hydrogens (tertiary/aromatic N) is 2. The molecule has 0 radical (unpaired) electrons. The number of nitrogens with one attached hydrogen (secondary N) is 1. The second kappa shape index (κ2) is 5.88. The molecule has 0 saturated heterocycles. The van der Waals surface area contributed by atoms with Gasteiger partial charge in [0.1, 0.15) is 5.69 Å². The summed E-state index contributed by atoms with van der Waals surface area (Å²) in [6.07, 6.45) is 1.74. The second-order valence-corrected chi connectivity index (χ2v) is 3.74. The van der Waals surface area contributed by atoms with Crippen LogP contribution in [0, 0.1) is 0 Å². The lowest BCUT2D eigenvalue weighted by molar-refractivity contribution is 0.0690. The van der Waals surface area contributed by atoms with Gasteiger partial charge < -0.3 is 10.4 Å². The van der Waals surface area contributed by atoms with Crippen LogP contribution in [-0.4, -0.2) is 21.0 Å². The van der Waals surface area contributed by atoms with E-state index in [-0.39, 0.29) is 5.69 Å². The Hall–Kier alpha value is -2.27. The molecule has 2 rings (SSSR count). The standard InChI is InChI=1S/C13H13N3O2/c17-13(18)12-6-3-5-11(16-12)9-14-8-10-4-1-2-7-15-10/h1-7,14H,8-9H2,(H,17,18). The lowest BCUT2D eigenvalue weighted by Crippen LogP contribution is -2.15. The number of carboxylic acids is 1. The van der Waals surface area contributed by atoms with Crippen LogP contribution in [-0.2, 0) is 13.1 Å². The molecule has 0 saturated carbocycles. The number of pyridine rings is 2. The first-order valence-corrected chi connectivity index (χ1v) is 5.55. The van der Waals surface area contributed by atoms with Crippen molar-refractivity contribution in [1.29, 1.82) is 0 Å². The average Bonchev–Trinajstić information content (AvgIpc) is 2.40. The second-order valence-electron chi connectivity index (χ2n) is 3.74. The van der Waals surface area contributed by atoms with E-state index in [9.17, 15) is 4.79 Å². The Balaban J connectivity index is 1.90. The Morgan fingerprint density at radius 2 is 1.89 bits per heavy atom. The third-order valence-corrected chi connectivity index (χ3v) is 2.36. The SMILES string of the molecule is O=C(O)c1cccc(CNCc2ccccn2)n1. The van der Waals surface area contributed by atoms with Crippen LogP contribution in [0.2, 0.25) is 0 Å². The minimum Gasteiger partial charge on any atom is -0.477 e. The molecule has 5 nitrogen and oxygen atoms in total. The highest BCUT2D eigenvalue weighted by Gasteiger charge is 2.04. The van der Waals surface area contributed by atoms with Crippen molar-refractivity contribution in [3.63, 3.8) is 0 Å². The quantitative estimate of drug-likeness (QED) is 0.831. The van der Waals surface area contributed by atoms with Crippen LogP contribution in [0.5, 0.6) is 0 Å². The Kier molecular flexibility index (Phi) is 3.98. The monoisotopic (exact) mass is 243 g/mol. The van der Waals surface area contributed by atoms with E-state index in [2.05, 4.69) is 15.3 Å². The van der Waals surface area contributed by atoms with E-state index in [4.69, 9.17) is 5.11 Å². The topological polar surface area (TPSA) is 75.1 Å². The van der Waals surface area contributed by atoms with Crippen LogP contribution >= 0.6 is 0 Å². The van der Waals surface area contributed by atoms with Crippen molar-refractivity contribution in [3.8, 4) is 0 Å². The van der Waals surface area contributed by atoms with Gasteiger partial charge in [0, 0.05) is 19.3 Å². The Morgan fingerprint density at radius 1 is 1.11 bits per heavy atom. The fraction of sp³-hybridized carbons (Fsp3) is 0.154. The van der Waals surface area contributed by atoms with Crippen molar-refractivity contribution < 1.29 is 9.90 Å². The first-order valence-electron chi connectivity index (χ1n) is 5.55. The number of aromatic carboxylic acids is 1. The van der Waals surface area contributed by atoms with Crippen molar-refractivity contribution in [2.24, 2.45) is 0 Å². The number of carbonyl (C=O) groups is 1. The normalized spacial score (nSPS) is 10.2. The van der Waals surface area contributed by atoms with E-state index in [0.29, 0.717) is 18.8 Å². The molecule has 0 bridgehead atoms. The smallest absolute Gasteiger partial charge is 0.354 e. The lowest BCUT2D eigenvalue weighted by atomic mass is 10.3. The van der Waals surface area contributed by atoms with Crippen LogP contribution in [0.1, 0.15) is 21.9 Å². The molecule has 0 unspecified atom stereocenters. The molecule has 0 atom stereocenters. The third-order valence-electron chi connectivity index (χ3n) is 2.36. The Bertz CT molecular complexity index is 529. The summed E-state index contributed by atoms with van der Waals surface area (Å²) in [7, 11) is 0. The van der Waals surface area contributed by atoms with Gasteiger partial charge in [-0.2, -0.15) is 0 Å². The van der Waals surface area contributed by atoms with E-state index < -0.39 is 5.97 Å². The predicted molar refractivity (Wildman–Crippen MR) is 66.0 cm³/mol. The molecule has 2 heterocycles. The number of rotatable bonds is 5. The minimum atomic E-state index is -1.01. The van der Waals surface area contributed by atoms with Gasteiger partial charge in [-0.15, -0.1) is 0 Å². The molecule has 0 fully saturated rings. The summed E-state index contributed by atoms with van der Waals surface area (Å²) in [5, 5.41) is 12.0. The summed E-state index contributed by atoms with van der Waals surface area (Å²) in [5.74, 6) is -1.01. The highest BCUT2D eigenvalue weighted by Crippen LogP contribution is 2.00. The van der Waals surface area contributed by atoms with Crippen molar-refractivity contribution in [3.05, 3.63) is 59.7 Å². The van der Waals surface area contributed by atoms with Crippen LogP contribution in [0.25, 0.3) is 0 Å². The summed E-state index contributed by atoms with van der Waals surface area (Å²) in [5.41, 5.74) is 1.70. The van der Waals surface area contributed by atoms with E-state index in [0.717, 1.165) is 5.69 Å². The maximum Gasteiger partial charge on any atom is 0.354 e. The van der Waals surface area contributed by atoms with Gasteiger partial charge in [-0.05, 0) is 24.3 Å². The zero-order chi connectivity index (χ0) is 12.8. The van der Waals surface area contributed by atoms with Gasteiger partial charge in [0.15, 0.2) is 0 Å². The molecule has 92 valence electrons. The van der Waals surface area contributed by atoms with E-state index >= 15 is 0 Å². The molecule has 0 aliphatic rings. The molecule has 5 heteroatoms. The molecule has 0 aliphatic carbocycles. The number of hydrogen-bond acceptors (Lipinski definition) is 4. The van der Waals surface area contributed by atoms with E-state index in [1.807, 2.05) is 18.2 Å². The zero-order valence-corrected chi connectivity index (χ0v) is 9.71. The van der Waals surface area contributed by atoms with Gasteiger partial charge in [0.25, 0.3) is 0 Å². The van der Waals surface area contributed by atoms with Gasteiger partial charge in [-0.25, -0.2) is 9.78 Å². The number of aromatic nitrogens is 2. The van der Waals surface area contributed by atoms with Crippen molar-refractivity contribution >= 4 is 5.97 Å². The van der Waals surface area contributed by atoms with Gasteiger partial charge >= 0.3 is 5.97 Å².